The normalized spacial score (nSPS) is 11.9. The standard InChI is InChI=1S/C23H28BrClN2O2S/c1-16(2)12-26-23(29)17(3)27(13-18-6-4-8-20(24)10-18)22(28)15-30-14-19-7-5-9-21(25)11-19/h4-11,16-17H,12-15H2,1-3H3,(H,26,29)/t17-/m1/s1. The first-order valence-corrected chi connectivity index (χ1v) is 12.2. The molecule has 0 unspecified atom stereocenters. The van der Waals surface area contributed by atoms with Gasteiger partial charge in [-0.15, -0.1) is 11.8 Å². The molecule has 30 heavy (non-hydrogen) atoms. The molecule has 2 amide bonds. The number of carbonyl (C=O) groups excluding carboxylic acids is 2. The summed E-state index contributed by atoms with van der Waals surface area (Å²) in [7, 11) is 0. The number of rotatable bonds is 10. The van der Waals surface area contributed by atoms with E-state index < -0.39 is 6.04 Å². The Labute approximate surface area is 196 Å². The molecule has 2 aromatic rings. The van der Waals surface area contributed by atoms with Gasteiger partial charge in [0.25, 0.3) is 0 Å². The van der Waals surface area contributed by atoms with Gasteiger partial charge < -0.3 is 10.2 Å². The van der Waals surface area contributed by atoms with Crippen molar-refractivity contribution in [1.82, 2.24) is 10.2 Å². The first-order valence-electron chi connectivity index (χ1n) is 9.90. The Kier molecular flexibility index (Phi) is 10.2. The molecule has 162 valence electrons. The lowest BCUT2D eigenvalue weighted by molar-refractivity contribution is -0.138. The highest BCUT2D eigenvalue weighted by atomic mass is 79.9. The zero-order valence-corrected chi connectivity index (χ0v) is 20.7. The molecule has 0 aliphatic rings. The third-order valence-electron chi connectivity index (χ3n) is 4.48. The molecule has 0 bridgehead atoms. The fraction of sp³-hybridized carbons (Fsp3) is 0.391. The topological polar surface area (TPSA) is 49.4 Å². The van der Waals surface area contributed by atoms with Crippen molar-refractivity contribution in [1.29, 1.82) is 0 Å². The van der Waals surface area contributed by atoms with Crippen molar-refractivity contribution in [3.05, 3.63) is 69.2 Å². The summed E-state index contributed by atoms with van der Waals surface area (Å²) in [6.45, 7) is 6.84. The predicted octanol–water partition coefficient (Wildman–Crippen LogP) is 5.53. The van der Waals surface area contributed by atoms with Gasteiger partial charge in [0.1, 0.15) is 6.04 Å². The minimum absolute atomic E-state index is 0.0609. The number of benzene rings is 2. The monoisotopic (exact) mass is 510 g/mol. The molecule has 1 atom stereocenters. The van der Waals surface area contributed by atoms with Crippen LogP contribution in [-0.2, 0) is 21.9 Å². The molecular formula is C23H28BrClN2O2S. The average molecular weight is 512 g/mol. The highest BCUT2D eigenvalue weighted by Gasteiger charge is 2.26. The highest BCUT2D eigenvalue weighted by Crippen LogP contribution is 2.19. The Hall–Kier alpha value is -1.50. The van der Waals surface area contributed by atoms with Gasteiger partial charge in [0, 0.05) is 28.3 Å². The van der Waals surface area contributed by atoms with Gasteiger partial charge in [0.2, 0.25) is 11.8 Å². The molecule has 0 aliphatic heterocycles. The van der Waals surface area contributed by atoms with Gasteiger partial charge >= 0.3 is 0 Å². The summed E-state index contributed by atoms with van der Waals surface area (Å²) in [4.78, 5) is 27.4. The first-order chi connectivity index (χ1) is 14.3. The number of thioether (sulfide) groups is 1. The van der Waals surface area contributed by atoms with E-state index in [4.69, 9.17) is 11.6 Å². The second kappa shape index (κ2) is 12.4. The Bertz CT molecular complexity index is 863. The van der Waals surface area contributed by atoms with Gasteiger partial charge in [-0.2, -0.15) is 0 Å². The molecule has 2 aromatic carbocycles. The van der Waals surface area contributed by atoms with Gasteiger partial charge in [0.05, 0.1) is 5.75 Å². The first kappa shape index (κ1) is 24.8. The SMILES string of the molecule is CC(C)CNC(=O)[C@@H](C)N(Cc1cccc(Br)c1)C(=O)CSCc1cccc(Cl)c1. The van der Waals surface area contributed by atoms with Crippen molar-refractivity contribution in [3.63, 3.8) is 0 Å². The molecule has 0 fully saturated rings. The predicted molar refractivity (Wildman–Crippen MR) is 130 cm³/mol. The third-order valence-corrected chi connectivity index (χ3v) is 6.19. The molecule has 0 radical (unpaired) electrons. The van der Waals surface area contributed by atoms with E-state index in [9.17, 15) is 9.59 Å². The van der Waals surface area contributed by atoms with Crippen LogP contribution in [0.3, 0.4) is 0 Å². The quantitative estimate of drug-likeness (QED) is 0.456. The molecule has 7 heteroatoms. The van der Waals surface area contributed by atoms with Crippen molar-refractivity contribution in [2.45, 2.75) is 39.1 Å². The van der Waals surface area contributed by atoms with Crippen LogP contribution in [0.2, 0.25) is 5.02 Å². The second-order valence-corrected chi connectivity index (χ2v) is 9.93. The van der Waals surface area contributed by atoms with E-state index >= 15 is 0 Å². The van der Waals surface area contributed by atoms with Crippen molar-refractivity contribution >= 4 is 51.1 Å². The fourth-order valence-electron chi connectivity index (χ4n) is 2.83. The summed E-state index contributed by atoms with van der Waals surface area (Å²) in [5, 5.41) is 3.63. The molecule has 0 aromatic heterocycles. The lowest BCUT2D eigenvalue weighted by atomic mass is 10.1. The summed E-state index contributed by atoms with van der Waals surface area (Å²) in [5.74, 6) is 1.14. The summed E-state index contributed by atoms with van der Waals surface area (Å²) in [5.41, 5.74) is 2.04. The Morgan fingerprint density at radius 1 is 1.10 bits per heavy atom. The molecule has 0 heterocycles. The van der Waals surface area contributed by atoms with E-state index in [0.29, 0.717) is 35.5 Å². The van der Waals surface area contributed by atoms with Gasteiger partial charge in [-0.25, -0.2) is 0 Å². The van der Waals surface area contributed by atoms with Crippen molar-refractivity contribution in [2.75, 3.05) is 12.3 Å². The maximum atomic E-state index is 13.1. The minimum Gasteiger partial charge on any atom is -0.354 e. The molecule has 0 saturated carbocycles. The number of hydrogen-bond donors (Lipinski definition) is 1. The average Bonchev–Trinajstić information content (AvgIpc) is 2.69. The van der Waals surface area contributed by atoms with Crippen LogP contribution in [0.5, 0.6) is 0 Å². The van der Waals surface area contributed by atoms with E-state index in [1.165, 1.54) is 11.8 Å². The fourth-order valence-corrected chi connectivity index (χ4v) is 4.35. The van der Waals surface area contributed by atoms with Crippen LogP contribution in [0.15, 0.2) is 53.0 Å². The largest absolute Gasteiger partial charge is 0.354 e. The van der Waals surface area contributed by atoms with Crippen molar-refractivity contribution in [2.24, 2.45) is 5.92 Å². The van der Waals surface area contributed by atoms with Crippen molar-refractivity contribution < 1.29 is 9.59 Å². The van der Waals surface area contributed by atoms with Crippen LogP contribution in [0.25, 0.3) is 0 Å². The molecule has 1 N–H and O–H groups in total. The Morgan fingerprint density at radius 3 is 2.47 bits per heavy atom. The van der Waals surface area contributed by atoms with Crippen LogP contribution in [0.1, 0.15) is 31.9 Å². The van der Waals surface area contributed by atoms with Crippen LogP contribution >= 0.6 is 39.3 Å². The minimum atomic E-state index is -0.554. The summed E-state index contributed by atoms with van der Waals surface area (Å²) in [6.07, 6.45) is 0. The number of nitrogens with zero attached hydrogens (tertiary/aromatic N) is 1. The smallest absolute Gasteiger partial charge is 0.242 e. The Morgan fingerprint density at radius 2 is 1.80 bits per heavy atom. The summed E-state index contributed by atoms with van der Waals surface area (Å²) in [6, 6.07) is 14.9. The zero-order chi connectivity index (χ0) is 22.1. The van der Waals surface area contributed by atoms with Gasteiger partial charge in [-0.3, -0.25) is 9.59 Å². The van der Waals surface area contributed by atoms with Crippen molar-refractivity contribution in [3.8, 4) is 0 Å². The third kappa shape index (κ3) is 8.32. The van der Waals surface area contributed by atoms with E-state index in [0.717, 1.165) is 15.6 Å². The molecule has 0 saturated heterocycles. The molecule has 0 spiro atoms. The number of carbonyl (C=O) groups is 2. The number of halogens is 2. The molecular weight excluding hydrogens is 484 g/mol. The van der Waals surface area contributed by atoms with Gasteiger partial charge in [0.15, 0.2) is 0 Å². The van der Waals surface area contributed by atoms with Crippen LogP contribution in [0.4, 0.5) is 0 Å². The number of hydrogen-bond acceptors (Lipinski definition) is 3. The van der Waals surface area contributed by atoms with E-state index in [-0.39, 0.29) is 11.8 Å². The molecule has 2 rings (SSSR count). The Balaban J connectivity index is 2.06. The molecule has 4 nitrogen and oxygen atoms in total. The van der Waals surface area contributed by atoms with Gasteiger partial charge in [-0.05, 0) is 48.2 Å². The van der Waals surface area contributed by atoms with Crippen LogP contribution < -0.4 is 5.32 Å². The summed E-state index contributed by atoms with van der Waals surface area (Å²) >= 11 is 11.0. The van der Waals surface area contributed by atoms with E-state index in [1.807, 2.05) is 62.4 Å². The maximum Gasteiger partial charge on any atom is 0.242 e. The summed E-state index contributed by atoms with van der Waals surface area (Å²) < 4.78 is 0.944. The highest BCUT2D eigenvalue weighted by molar-refractivity contribution is 9.10. The van der Waals surface area contributed by atoms with Crippen LogP contribution in [-0.4, -0.2) is 35.1 Å². The van der Waals surface area contributed by atoms with Gasteiger partial charge in [-0.1, -0.05) is 65.6 Å². The zero-order valence-electron chi connectivity index (χ0n) is 17.5. The lowest BCUT2D eigenvalue weighted by Gasteiger charge is -2.29. The number of nitrogens with one attached hydrogen (secondary N) is 1. The lowest BCUT2D eigenvalue weighted by Crippen LogP contribution is -2.48. The molecule has 0 aliphatic carbocycles. The van der Waals surface area contributed by atoms with E-state index in [1.54, 1.807) is 11.8 Å². The maximum absolute atomic E-state index is 13.1. The van der Waals surface area contributed by atoms with Crippen LogP contribution in [0, 0.1) is 5.92 Å². The second-order valence-electron chi connectivity index (χ2n) is 7.59. The number of amides is 2. The van der Waals surface area contributed by atoms with E-state index in [2.05, 4.69) is 21.2 Å².